The van der Waals surface area contributed by atoms with Crippen molar-refractivity contribution in [2.24, 2.45) is 50.5 Å². The monoisotopic (exact) mass is 1060 g/mol. The van der Waals surface area contributed by atoms with Crippen LogP contribution in [0.1, 0.15) is 96.6 Å². The van der Waals surface area contributed by atoms with Crippen molar-refractivity contribution < 1.29 is 33.6 Å². The minimum Gasteiger partial charge on any atom is -0.370 e. The zero-order valence-corrected chi connectivity index (χ0v) is 44.8. The Bertz CT molecular complexity index is 2720. The molecule has 21 nitrogen and oxygen atoms in total. The van der Waals surface area contributed by atoms with Crippen LogP contribution in [0.5, 0.6) is 0 Å². The first-order valence-corrected chi connectivity index (χ1v) is 26.7. The van der Waals surface area contributed by atoms with Crippen molar-refractivity contribution >= 4 is 74.8 Å². The van der Waals surface area contributed by atoms with E-state index >= 15 is 0 Å². The average molecular weight is 1060 g/mol. The van der Waals surface area contributed by atoms with Crippen LogP contribution < -0.4 is 65.9 Å². The molecular weight excluding hydrogens is 981 g/mol. The standard InChI is InChI=1S/C56H80N14O7/c1-33(2)27-44-52(75)65-43(19-12-26-64-56(60)61)51(74)70-47(32-36-21-23-38-14-6-8-16-40(38)30-36)54(77)68-45(28-34(3)4)53(76)66-42(18-11-25-63-55(58)59)50(73)69-46(31-35-20-22-37-13-5-7-15-39(37)29-35)49(72)62-24-10-9-17-41(57)48(71)67-44/h5-8,13-16,20-23,29-30,33-34,41-47H,9-12,17-19,24-28,31-32,57H2,1-4H3,(H,62,72)(H,65,75)(H,66,76)(H,67,71)(H,68,77)(H,69,73)(H,70,74)(H4,58,59,63)(H4,60,61,64)/t41-,42-,43-,44-,45-,46-,47-/m0/s1. The first-order chi connectivity index (χ1) is 36.8. The highest BCUT2D eigenvalue weighted by molar-refractivity contribution is 5.98. The van der Waals surface area contributed by atoms with Gasteiger partial charge in [-0.1, -0.05) is 113 Å². The van der Waals surface area contributed by atoms with Crippen LogP contribution in [0.3, 0.4) is 0 Å². The lowest BCUT2D eigenvalue weighted by molar-refractivity contribution is -0.136. The van der Waals surface area contributed by atoms with Crippen molar-refractivity contribution in [3.63, 3.8) is 0 Å². The van der Waals surface area contributed by atoms with Gasteiger partial charge in [0.1, 0.15) is 36.3 Å². The van der Waals surface area contributed by atoms with Crippen LogP contribution in [0.15, 0.2) is 94.9 Å². The zero-order valence-electron chi connectivity index (χ0n) is 44.8. The van der Waals surface area contributed by atoms with Gasteiger partial charge in [-0.15, -0.1) is 0 Å². The van der Waals surface area contributed by atoms with Gasteiger partial charge in [0.15, 0.2) is 11.9 Å². The minimum absolute atomic E-state index is 0.0329. The quantitative estimate of drug-likeness (QED) is 0.0432. The maximum atomic E-state index is 14.8. The molecule has 5 rings (SSSR count). The number of carbonyl (C=O) groups is 7. The molecule has 1 heterocycles. The molecule has 0 spiro atoms. The third kappa shape index (κ3) is 20.0. The number of guanidine groups is 2. The second kappa shape index (κ2) is 30.1. The van der Waals surface area contributed by atoms with Gasteiger partial charge in [0.25, 0.3) is 0 Å². The molecule has 1 aliphatic rings. The van der Waals surface area contributed by atoms with Gasteiger partial charge < -0.3 is 65.9 Å². The van der Waals surface area contributed by atoms with Crippen LogP contribution in [-0.2, 0) is 46.4 Å². The number of aliphatic imine (C=N–C) groups is 2. The molecule has 4 aromatic rings. The van der Waals surface area contributed by atoms with Crippen molar-refractivity contribution in [3.8, 4) is 0 Å². The number of nitrogens with two attached hydrogens (primary N) is 5. The van der Waals surface area contributed by atoms with Gasteiger partial charge in [0, 0.05) is 32.5 Å². The Balaban J connectivity index is 1.55. The average Bonchev–Trinajstić information content (AvgIpc) is 3.38. The zero-order chi connectivity index (χ0) is 56.0. The van der Waals surface area contributed by atoms with Gasteiger partial charge in [-0.05, 0) is 102 Å². The van der Waals surface area contributed by atoms with Gasteiger partial charge in [-0.2, -0.15) is 0 Å². The van der Waals surface area contributed by atoms with Gasteiger partial charge in [-0.25, -0.2) is 0 Å². The van der Waals surface area contributed by atoms with E-state index in [1.807, 2.05) is 113 Å². The van der Waals surface area contributed by atoms with Crippen molar-refractivity contribution in [3.05, 3.63) is 96.1 Å². The first kappa shape index (κ1) is 60.1. The Morgan fingerprint density at radius 3 is 1.30 bits per heavy atom. The fraction of sp³-hybridized carbons (Fsp3) is 0.482. The summed E-state index contributed by atoms with van der Waals surface area (Å²) >= 11 is 0. The second-order valence-corrected chi connectivity index (χ2v) is 20.7. The number of hydrogen-bond donors (Lipinski definition) is 12. The summed E-state index contributed by atoms with van der Waals surface area (Å²) in [6.07, 6.45) is 2.02. The van der Waals surface area contributed by atoms with Crippen molar-refractivity contribution in [1.29, 1.82) is 0 Å². The molecule has 0 bridgehead atoms. The summed E-state index contributed by atoms with van der Waals surface area (Å²) in [5.74, 6) is -5.03. The molecule has 0 radical (unpaired) electrons. The highest BCUT2D eigenvalue weighted by Gasteiger charge is 2.35. The maximum Gasteiger partial charge on any atom is 0.243 e. The highest BCUT2D eigenvalue weighted by Crippen LogP contribution is 2.20. The molecule has 0 unspecified atom stereocenters. The minimum atomic E-state index is -1.31. The van der Waals surface area contributed by atoms with Crippen molar-refractivity contribution in [2.75, 3.05) is 19.6 Å². The summed E-state index contributed by atoms with van der Waals surface area (Å²) in [4.78, 5) is 109. The van der Waals surface area contributed by atoms with E-state index in [0.717, 1.165) is 27.1 Å². The number of nitrogens with one attached hydrogen (secondary N) is 7. The smallest absolute Gasteiger partial charge is 0.243 e. The Labute approximate surface area is 450 Å². The first-order valence-electron chi connectivity index (χ1n) is 26.7. The predicted octanol–water partition coefficient (Wildman–Crippen LogP) is 1.51. The summed E-state index contributed by atoms with van der Waals surface area (Å²) in [5.41, 5.74) is 30.3. The van der Waals surface area contributed by atoms with Crippen molar-refractivity contribution in [1.82, 2.24) is 37.2 Å². The molecule has 21 heteroatoms. The Morgan fingerprint density at radius 2 is 0.857 bits per heavy atom. The maximum absolute atomic E-state index is 14.8. The van der Waals surface area contributed by atoms with E-state index in [-0.39, 0.29) is 101 Å². The summed E-state index contributed by atoms with van der Waals surface area (Å²) in [5, 5.41) is 23.8. The van der Waals surface area contributed by atoms with Crippen LogP contribution in [0.4, 0.5) is 0 Å². The Hall–Kier alpha value is -7.81. The fourth-order valence-corrected chi connectivity index (χ4v) is 9.17. The molecular formula is C56H80N14O7. The van der Waals surface area contributed by atoms with Crippen LogP contribution in [0, 0.1) is 11.8 Å². The third-order valence-electron chi connectivity index (χ3n) is 13.2. The SMILES string of the molecule is CC(C)C[C@@H]1NC(=O)[C@H](Cc2ccc3ccccc3c2)NC(=O)[C@H](CCCN=C(N)N)NC(=O)[C@H](CC(C)C)NC(=O)[C@@H](N)CCCCNC(=O)[C@H](Cc2ccc3ccccc3c2)NC(=O)[C@H](CCCN=C(N)N)NC1=O. The molecule has 416 valence electrons. The van der Waals surface area contributed by atoms with Crippen molar-refractivity contribution in [2.45, 2.75) is 141 Å². The fourth-order valence-electron chi connectivity index (χ4n) is 9.17. The van der Waals surface area contributed by atoms with Gasteiger partial charge in [0.2, 0.25) is 41.4 Å². The van der Waals surface area contributed by atoms with Crippen LogP contribution in [0.2, 0.25) is 0 Å². The molecule has 1 aliphatic heterocycles. The van der Waals surface area contributed by atoms with E-state index in [4.69, 9.17) is 28.7 Å². The number of hydrogen-bond acceptors (Lipinski definition) is 10. The lowest BCUT2D eigenvalue weighted by Crippen LogP contribution is -2.60. The Kier molecular flexibility index (Phi) is 23.5. The number of benzene rings is 4. The summed E-state index contributed by atoms with van der Waals surface area (Å²) < 4.78 is 0. The van der Waals surface area contributed by atoms with E-state index < -0.39 is 83.6 Å². The number of rotatable bonds is 16. The van der Waals surface area contributed by atoms with Crippen LogP contribution >= 0.6 is 0 Å². The normalized spacial score (nSPS) is 22.1. The summed E-state index contributed by atoms with van der Waals surface area (Å²) in [6, 6.07) is 18.6. The van der Waals surface area contributed by atoms with Gasteiger partial charge in [0.05, 0.1) is 6.04 Å². The highest BCUT2D eigenvalue weighted by atomic mass is 16.2. The van der Waals surface area contributed by atoms with E-state index in [2.05, 4.69) is 47.2 Å². The second-order valence-electron chi connectivity index (χ2n) is 20.7. The lowest BCUT2D eigenvalue weighted by Gasteiger charge is -2.28. The third-order valence-corrected chi connectivity index (χ3v) is 13.2. The lowest BCUT2D eigenvalue weighted by atomic mass is 9.98. The number of nitrogens with zero attached hydrogens (tertiary/aromatic N) is 2. The number of carbonyl (C=O) groups excluding carboxylic acids is 7. The molecule has 1 fully saturated rings. The van der Waals surface area contributed by atoms with E-state index in [1.165, 1.54) is 0 Å². The van der Waals surface area contributed by atoms with Crippen LogP contribution in [-0.4, -0.2) is 115 Å². The number of fused-ring (bicyclic) bond motifs is 2. The summed E-state index contributed by atoms with van der Waals surface area (Å²) in [6.45, 7) is 7.95. The Morgan fingerprint density at radius 1 is 0.481 bits per heavy atom. The van der Waals surface area contributed by atoms with Gasteiger partial charge >= 0.3 is 0 Å². The molecule has 0 aromatic heterocycles. The molecule has 77 heavy (non-hydrogen) atoms. The van der Waals surface area contributed by atoms with E-state index in [0.29, 0.717) is 18.4 Å². The molecule has 0 saturated carbocycles. The molecule has 1 saturated heterocycles. The van der Waals surface area contributed by atoms with E-state index in [1.54, 1.807) is 0 Å². The molecule has 7 atom stereocenters. The van der Waals surface area contributed by atoms with Crippen LogP contribution in [0.25, 0.3) is 21.5 Å². The topological polar surface area (TPSA) is 359 Å². The number of amides is 7. The molecule has 7 amide bonds. The largest absolute Gasteiger partial charge is 0.370 e. The van der Waals surface area contributed by atoms with E-state index in [9.17, 15) is 33.6 Å². The summed E-state index contributed by atoms with van der Waals surface area (Å²) in [7, 11) is 0. The van der Waals surface area contributed by atoms with Gasteiger partial charge in [-0.3, -0.25) is 43.5 Å². The predicted molar refractivity (Wildman–Crippen MR) is 300 cm³/mol. The molecule has 17 N–H and O–H groups in total. The molecule has 0 aliphatic carbocycles. The molecule has 4 aromatic carbocycles.